The van der Waals surface area contributed by atoms with Crippen molar-refractivity contribution in [3.8, 4) is 11.5 Å². The van der Waals surface area contributed by atoms with Gasteiger partial charge in [-0.25, -0.2) is 4.79 Å². The summed E-state index contributed by atoms with van der Waals surface area (Å²) in [5, 5.41) is 0. The lowest BCUT2D eigenvalue weighted by Crippen LogP contribution is -2.43. The van der Waals surface area contributed by atoms with E-state index in [9.17, 15) is 9.59 Å². The Bertz CT molecular complexity index is 567. The number of aryl methyl sites for hydroxylation is 1. The fourth-order valence-corrected chi connectivity index (χ4v) is 1.82. The number of carbonyl (C=O) groups is 2. The molecule has 0 bridgehead atoms. The highest BCUT2D eigenvalue weighted by Crippen LogP contribution is 2.35. The second-order valence-corrected chi connectivity index (χ2v) is 6.60. The molecule has 1 aromatic rings. The van der Waals surface area contributed by atoms with E-state index in [1.165, 1.54) is 7.11 Å². The summed E-state index contributed by atoms with van der Waals surface area (Å²) < 4.78 is 16.5. The Hall–Kier alpha value is -2.04. The highest BCUT2D eigenvalue weighted by Gasteiger charge is 2.36. The molecule has 122 valence electrons. The fourth-order valence-electron chi connectivity index (χ4n) is 1.82. The molecular weight excluding hydrogens is 284 g/mol. The number of benzene rings is 1. The van der Waals surface area contributed by atoms with Gasteiger partial charge in [0.15, 0.2) is 17.1 Å². The summed E-state index contributed by atoms with van der Waals surface area (Å²) in [5.41, 5.74) is -0.596. The average Bonchev–Trinajstić information content (AvgIpc) is 2.38. The van der Waals surface area contributed by atoms with Gasteiger partial charge in [-0.05, 0) is 59.2 Å². The molecular formula is C17H24O5. The third-order valence-electron chi connectivity index (χ3n) is 2.87. The van der Waals surface area contributed by atoms with Crippen LogP contribution in [0.3, 0.4) is 0 Å². The number of carbonyl (C=O) groups excluding carboxylic acids is 2. The predicted octanol–water partition coefficient (Wildman–Crippen LogP) is 3.32. The molecule has 22 heavy (non-hydrogen) atoms. The van der Waals surface area contributed by atoms with E-state index in [4.69, 9.17) is 14.2 Å². The van der Waals surface area contributed by atoms with Crippen LogP contribution in [0.25, 0.3) is 0 Å². The molecule has 5 heteroatoms. The van der Waals surface area contributed by atoms with Crippen molar-refractivity contribution in [2.75, 3.05) is 7.11 Å². The summed E-state index contributed by atoms with van der Waals surface area (Å²) in [6.45, 7) is 10.4. The van der Waals surface area contributed by atoms with E-state index in [2.05, 4.69) is 0 Å². The van der Waals surface area contributed by atoms with Gasteiger partial charge in [0.2, 0.25) is 0 Å². The van der Waals surface area contributed by atoms with Crippen LogP contribution in [0.5, 0.6) is 11.5 Å². The van der Waals surface area contributed by atoms with Gasteiger partial charge >= 0.3 is 5.97 Å². The van der Waals surface area contributed by atoms with Crippen molar-refractivity contribution in [3.63, 3.8) is 0 Å². The van der Waals surface area contributed by atoms with Gasteiger partial charge in [-0.15, -0.1) is 0 Å². The minimum Gasteiger partial charge on any atom is -0.493 e. The monoisotopic (exact) mass is 308 g/mol. The molecule has 0 aliphatic carbocycles. The summed E-state index contributed by atoms with van der Waals surface area (Å²) in [7, 11) is 1.48. The summed E-state index contributed by atoms with van der Waals surface area (Å²) in [5.74, 6) is 0.351. The van der Waals surface area contributed by atoms with Crippen molar-refractivity contribution in [2.24, 2.45) is 0 Å². The second-order valence-electron chi connectivity index (χ2n) is 6.60. The van der Waals surface area contributed by atoms with Crippen LogP contribution in [-0.2, 0) is 9.53 Å². The first-order valence-electron chi connectivity index (χ1n) is 7.06. The maximum atomic E-state index is 12.3. The SMILES string of the molecule is COc1cc(C=O)cc(C)c1OC(C)(C)C(=O)OC(C)(C)C. The van der Waals surface area contributed by atoms with Gasteiger partial charge in [0.05, 0.1) is 7.11 Å². The Morgan fingerprint density at radius 3 is 2.18 bits per heavy atom. The Balaban J connectivity index is 3.12. The van der Waals surface area contributed by atoms with Crippen molar-refractivity contribution in [3.05, 3.63) is 23.3 Å². The van der Waals surface area contributed by atoms with Crippen molar-refractivity contribution in [1.29, 1.82) is 0 Å². The highest BCUT2D eigenvalue weighted by molar-refractivity contribution is 5.80. The van der Waals surface area contributed by atoms with Crippen molar-refractivity contribution in [2.45, 2.75) is 52.7 Å². The van der Waals surface area contributed by atoms with E-state index in [0.29, 0.717) is 22.6 Å². The molecule has 0 aromatic heterocycles. The number of rotatable bonds is 5. The number of methoxy groups -OCH3 is 1. The molecule has 1 aromatic carbocycles. The topological polar surface area (TPSA) is 61.8 Å². The van der Waals surface area contributed by atoms with Gasteiger partial charge in [-0.2, -0.15) is 0 Å². The van der Waals surface area contributed by atoms with Crippen LogP contribution in [0.1, 0.15) is 50.5 Å². The Labute approximate surface area is 131 Å². The molecule has 0 saturated heterocycles. The molecule has 0 aliphatic rings. The van der Waals surface area contributed by atoms with Crippen molar-refractivity contribution < 1.29 is 23.8 Å². The fraction of sp³-hybridized carbons (Fsp3) is 0.529. The molecule has 0 N–H and O–H groups in total. The molecule has 0 aliphatic heterocycles. The lowest BCUT2D eigenvalue weighted by atomic mass is 10.1. The molecule has 0 amide bonds. The molecule has 0 spiro atoms. The molecule has 1 rings (SSSR count). The van der Waals surface area contributed by atoms with E-state index in [1.807, 2.05) is 0 Å². The van der Waals surface area contributed by atoms with Gasteiger partial charge < -0.3 is 14.2 Å². The van der Waals surface area contributed by atoms with Crippen LogP contribution in [0.15, 0.2) is 12.1 Å². The molecule has 0 heterocycles. The standard InChI is InChI=1S/C17H24O5/c1-11-8-12(10-18)9-13(20-7)14(11)21-17(5,6)15(19)22-16(2,3)4/h8-10H,1-7H3. The van der Waals surface area contributed by atoms with Crippen LogP contribution in [0, 0.1) is 6.92 Å². The molecule has 0 fully saturated rings. The van der Waals surface area contributed by atoms with Crippen molar-refractivity contribution in [1.82, 2.24) is 0 Å². The van der Waals surface area contributed by atoms with E-state index in [-0.39, 0.29) is 0 Å². The zero-order chi connectivity index (χ0) is 17.1. The number of aldehydes is 1. The van der Waals surface area contributed by atoms with E-state index in [0.717, 1.165) is 6.29 Å². The van der Waals surface area contributed by atoms with E-state index in [1.54, 1.807) is 53.7 Å². The minimum atomic E-state index is -1.19. The summed E-state index contributed by atoms with van der Waals surface area (Å²) in [6.07, 6.45) is 0.734. The van der Waals surface area contributed by atoms with E-state index < -0.39 is 17.2 Å². The Morgan fingerprint density at radius 1 is 1.14 bits per heavy atom. The zero-order valence-corrected chi connectivity index (χ0v) is 14.3. The lowest BCUT2D eigenvalue weighted by Gasteiger charge is -2.30. The summed E-state index contributed by atoms with van der Waals surface area (Å²) in [6, 6.07) is 3.25. The maximum absolute atomic E-state index is 12.3. The maximum Gasteiger partial charge on any atom is 0.350 e. The Kier molecular flexibility index (Phi) is 5.22. The van der Waals surface area contributed by atoms with Crippen molar-refractivity contribution >= 4 is 12.3 Å². The van der Waals surface area contributed by atoms with Crippen LogP contribution in [0.4, 0.5) is 0 Å². The summed E-state index contributed by atoms with van der Waals surface area (Å²) in [4.78, 5) is 23.2. The van der Waals surface area contributed by atoms with Gasteiger partial charge in [-0.1, -0.05) is 0 Å². The largest absolute Gasteiger partial charge is 0.493 e. The predicted molar refractivity (Wildman–Crippen MR) is 83.7 cm³/mol. The van der Waals surface area contributed by atoms with Crippen LogP contribution in [-0.4, -0.2) is 30.6 Å². The highest BCUT2D eigenvalue weighted by atomic mass is 16.6. The average molecular weight is 308 g/mol. The lowest BCUT2D eigenvalue weighted by molar-refractivity contribution is -0.171. The number of ether oxygens (including phenoxy) is 3. The number of esters is 1. The van der Waals surface area contributed by atoms with Gasteiger partial charge in [0, 0.05) is 5.56 Å². The molecule has 0 saturated carbocycles. The van der Waals surface area contributed by atoms with Gasteiger partial charge in [-0.3, -0.25) is 4.79 Å². The molecule has 0 radical (unpaired) electrons. The smallest absolute Gasteiger partial charge is 0.350 e. The normalized spacial score (nSPS) is 11.8. The van der Waals surface area contributed by atoms with Gasteiger partial charge in [0.1, 0.15) is 11.9 Å². The zero-order valence-electron chi connectivity index (χ0n) is 14.3. The minimum absolute atomic E-state index is 0.402. The first-order valence-corrected chi connectivity index (χ1v) is 7.06. The van der Waals surface area contributed by atoms with Crippen LogP contribution in [0.2, 0.25) is 0 Å². The summed E-state index contributed by atoms with van der Waals surface area (Å²) >= 11 is 0. The van der Waals surface area contributed by atoms with Crippen LogP contribution < -0.4 is 9.47 Å². The number of hydrogen-bond donors (Lipinski definition) is 0. The third-order valence-corrected chi connectivity index (χ3v) is 2.87. The van der Waals surface area contributed by atoms with Gasteiger partial charge in [0.25, 0.3) is 0 Å². The number of hydrogen-bond acceptors (Lipinski definition) is 5. The third kappa shape index (κ3) is 4.48. The molecule has 0 atom stereocenters. The quantitative estimate of drug-likeness (QED) is 0.617. The molecule has 5 nitrogen and oxygen atoms in total. The van der Waals surface area contributed by atoms with Crippen LogP contribution >= 0.6 is 0 Å². The molecule has 0 unspecified atom stereocenters. The van der Waals surface area contributed by atoms with E-state index >= 15 is 0 Å². The Morgan fingerprint density at radius 2 is 1.73 bits per heavy atom. The first-order chi connectivity index (χ1) is 10.00. The first kappa shape index (κ1) is 18.0. The second kappa shape index (κ2) is 6.38.